The zero-order chi connectivity index (χ0) is 8.85. The second-order valence-electron chi connectivity index (χ2n) is 3.10. The monoisotopic (exact) mass is 159 g/mol. The summed E-state index contributed by atoms with van der Waals surface area (Å²) in [6, 6.07) is -0.377. The zero-order valence-corrected chi connectivity index (χ0v) is 7.42. The number of carbonyl (C=O) groups is 1. The molecule has 0 heterocycles. The first-order valence-corrected chi connectivity index (χ1v) is 4.04. The molecule has 0 radical (unpaired) electrons. The van der Waals surface area contributed by atoms with E-state index in [1.807, 2.05) is 6.92 Å². The highest BCUT2D eigenvalue weighted by molar-refractivity contribution is 5.73. The minimum Gasteiger partial charge on any atom is -0.480 e. The third kappa shape index (κ3) is 4.79. The molecule has 3 heteroatoms. The van der Waals surface area contributed by atoms with Crippen molar-refractivity contribution < 1.29 is 9.90 Å². The smallest absolute Gasteiger partial charge is 0.320 e. The highest BCUT2D eigenvalue weighted by Crippen LogP contribution is 1.94. The maximum atomic E-state index is 10.5. The average Bonchev–Trinajstić information content (AvgIpc) is 1.87. The molecule has 0 aromatic heterocycles. The molecule has 0 aliphatic heterocycles. The Kier molecular flexibility index (Phi) is 4.86. The Bertz CT molecular complexity index is 123. The Morgan fingerprint density at radius 1 is 1.55 bits per heavy atom. The lowest BCUT2D eigenvalue weighted by Crippen LogP contribution is -2.38. The van der Waals surface area contributed by atoms with E-state index in [0.29, 0.717) is 12.3 Å². The molecule has 66 valence electrons. The predicted octanol–water partition coefficient (Wildman–Crippen LogP) is 1.10. The number of nitrogens with one attached hydrogen (secondary N) is 1. The van der Waals surface area contributed by atoms with Gasteiger partial charge in [0.25, 0.3) is 0 Å². The van der Waals surface area contributed by atoms with Gasteiger partial charge in [-0.1, -0.05) is 20.8 Å². The lowest BCUT2D eigenvalue weighted by Gasteiger charge is -2.13. The first-order valence-electron chi connectivity index (χ1n) is 4.04. The van der Waals surface area contributed by atoms with Gasteiger partial charge in [-0.15, -0.1) is 0 Å². The SMILES string of the molecule is CCC(NCC(C)C)C(=O)O. The van der Waals surface area contributed by atoms with Crippen molar-refractivity contribution in [2.45, 2.75) is 33.2 Å². The minimum absolute atomic E-state index is 0.377. The molecule has 0 aromatic carbocycles. The summed E-state index contributed by atoms with van der Waals surface area (Å²) in [5, 5.41) is 11.6. The molecule has 0 aliphatic rings. The highest BCUT2D eigenvalue weighted by atomic mass is 16.4. The lowest BCUT2D eigenvalue weighted by atomic mass is 10.2. The first kappa shape index (κ1) is 10.4. The number of hydrogen-bond donors (Lipinski definition) is 2. The van der Waals surface area contributed by atoms with Crippen LogP contribution in [0.5, 0.6) is 0 Å². The van der Waals surface area contributed by atoms with Crippen LogP contribution in [0.2, 0.25) is 0 Å². The van der Waals surface area contributed by atoms with Gasteiger partial charge >= 0.3 is 5.97 Å². The summed E-state index contributed by atoms with van der Waals surface area (Å²) in [7, 11) is 0. The molecule has 0 aliphatic carbocycles. The van der Waals surface area contributed by atoms with Gasteiger partial charge in [-0.2, -0.15) is 0 Å². The van der Waals surface area contributed by atoms with Gasteiger partial charge < -0.3 is 10.4 Å². The van der Waals surface area contributed by atoms with E-state index in [0.717, 1.165) is 6.54 Å². The summed E-state index contributed by atoms with van der Waals surface area (Å²) in [6.07, 6.45) is 0.641. The van der Waals surface area contributed by atoms with Crippen LogP contribution < -0.4 is 5.32 Å². The van der Waals surface area contributed by atoms with Crippen LogP contribution in [0.25, 0.3) is 0 Å². The fourth-order valence-corrected chi connectivity index (χ4v) is 0.784. The maximum Gasteiger partial charge on any atom is 0.320 e. The Morgan fingerprint density at radius 3 is 2.36 bits per heavy atom. The van der Waals surface area contributed by atoms with E-state index in [-0.39, 0.29) is 6.04 Å². The quantitative estimate of drug-likeness (QED) is 0.631. The van der Waals surface area contributed by atoms with Gasteiger partial charge in [0.2, 0.25) is 0 Å². The third-order valence-corrected chi connectivity index (χ3v) is 1.48. The predicted molar refractivity (Wildman–Crippen MR) is 44.6 cm³/mol. The van der Waals surface area contributed by atoms with Gasteiger partial charge in [0, 0.05) is 0 Å². The zero-order valence-electron chi connectivity index (χ0n) is 7.42. The molecule has 0 fully saturated rings. The van der Waals surface area contributed by atoms with Crippen molar-refractivity contribution in [2.24, 2.45) is 5.92 Å². The molecule has 0 bridgehead atoms. The average molecular weight is 159 g/mol. The van der Waals surface area contributed by atoms with Crippen LogP contribution >= 0.6 is 0 Å². The van der Waals surface area contributed by atoms with Crippen LogP contribution in [0, 0.1) is 5.92 Å². The van der Waals surface area contributed by atoms with Crippen LogP contribution in [-0.2, 0) is 4.79 Å². The van der Waals surface area contributed by atoms with Gasteiger partial charge in [0.1, 0.15) is 6.04 Å². The van der Waals surface area contributed by atoms with Gasteiger partial charge in [-0.05, 0) is 18.9 Å². The molecular weight excluding hydrogens is 142 g/mol. The second kappa shape index (κ2) is 5.13. The van der Waals surface area contributed by atoms with Crippen LogP contribution in [-0.4, -0.2) is 23.7 Å². The van der Waals surface area contributed by atoms with E-state index in [1.54, 1.807) is 0 Å². The van der Waals surface area contributed by atoms with Crippen molar-refractivity contribution >= 4 is 5.97 Å². The summed E-state index contributed by atoms with van der Waals surface area (Å²) < 4.78 is 0. The third-order valence-electron chi connectivity index (χ3n) is 1.48. The van der Waals surface area contributed by atoms with E-state index in [2.05, 4.69) is 19.2 Å². The number of carboxylic acids is 1. The normalized spacial score (nSPS) is 13.5. The standard InChI is InChI=1S/C8H17NO2/c1-4-7(8(10)11)9-5-6(2)3/h6-7,9H,4-5H2,1-3H3,(H,10,11). The van der Waals surface area contributed by atoms with Crippen LogP contribution in [0.3, 0.4) is 0 Å². The summed E-state index contributed by atoms with van der Waals surface area (Å²) in [6.45, 7) is 6.75. The molecule has 0 amide bonds. The van der Waals surface area contributed by atoms with Crippen LogP contribution in [0.1, 0.15) is 27.2 Å². The molecule has 1 atom stereocenters. The molecule has 11 heavy (non-hydrogen) atoms. The Hall–Kier alpha value is -0.570. The van der Waals surface area contributed by atoms with Gasteiger partial charge in [0.15, 0.2) is 0 Å². The van der Waals surface area contributed by atoms with Crippen molar-refractivity contribution in [3.63, 3.8) is 0 Å². The van der Waals surface area contributed by atoms with Crippen molar-refractivity contribution in [3.05, 3.63) is 0 Å². The molecular formula is C8H17NO2. The summed E-state index contributed by atoms with van der Waals surface area (Å²) in [4.78, 5) is 10.5. The first-order chi connectivity index (χ1) is 5.07. The number of rotatable bonds is 5. The lowest BCUT2D eigenvalue weighted by molar-refractivity contribution is -0.139. The van der Waals surface area contributed by atoms with E-state index >= 15 is 0 Å². The molecule has 3 nitrogen and oxygen atoms in total. The Morgan fingerprint density at radius 2 is 2.09 bits per heavy atom. The largest absolute Gasteiger partial charge is 0.480 e. The van der Waals surface area contributed by atoms with E-state index < -0.39 is 5.97 Å². The second-order valence-corrected chi connectivity index (χ2v) is 3.10. The molecule has 0 aromatic rings. The number of carboxylic acid groups (broad SMARTS) is 1. The van der Waals surface area contributed by atoms with E-state index in [9.17, 15) is 4.79 Å². The summed E-state index contributed by atoms with van der Waals surface area (Å²) >= 11 is 0. The van der Waals surface area contributed by atoms with E-state index in [1.165, 1.54) is 0 Å². The minimum atomic E-state index is -0.756. The van der Waals surface area contributed by atoms with Gasteiger partial charge in [-0.3, -0.25) is 4.79 Å². The molecule has 1 unspecified atom stereocenters. The summed E-state index contributed by atoms with van der Waals surface area (Å²) in [5.74, 6) is -0.253. The molecule has 0 saturated heterocycles. The Balaban J connectivity index is 3.61. The van der Waals surface area contributed by atoms with Crippen molar-refractivity contribution in [3.8, 4) is 0 Å². The van der Waals surface area contributed by atoms with Gasteiger partial charge in [0.05, 0.1) is 0 Å². The molecule has 2 N–H and O–H groups in total. The maximum absolute atomic E-state index is 10.5. The van der Waals surface area contributed by atoms with Crippen molar-refractivity contribution in [2.75, 3.05) is 6.54 Å². The Labute approximate surface area is 67.8 Å². The molecule has 0 rings (SSSR count). The van der Waals surface area contributed by atoms with Crippen molar-refractivity contribution in [1.82, 2.24) is 5.32 Å². The van der Waals surface area contributed by atoms with E-state index in [4.69, 9.17) is 5.11 Å². The van der Waals surface area contributed by atoms with Crippen molar-refractivity contribution in [1.29, 1.82) is 0 Å². The van der Waals surface area contributed by atoms with Gasteiger partial charge in [-0.25, -0.2) is 0 Å². The number of aliphatic carboxylic acids is 1. The van der Waals surface area contributed by atoms with Crippen LogP contribution in [0.4, 0.5) is 0 Å². The highest BCUT2D eigenvalue weighted by Gasteiger charge is 2.13. The van der Waals surface area contributed by atoms with Crippen LogP contribution in [0.15, 0.2) is 0 Å². The fraction of sp³-hybridized carbons (Fsp3) is 0.875. The summed E-state index contributed by atoms with van der Waals surface area (Å²) in [5.41, 5.74) is 0. The fourth-order valence-electron chi connectivity index (χ4n) is 0.784. The molecule has 0 spiro atoms. The number of hydrogen-bond acceptors (Lipinski definition) is 2. The topological polar surface area (TPSA) is 49.3 Å². The molecule has 0 saturated carbocycles.